The molecule has 0 amide bonds. The first-order chi connectivity index (χ1) is 9.56. The third-order valence-electron chi connectivity index (χ3n) is 3.61. The smallest absolute Gasteiger partial charge is 0.372 e. The first kappa shape index (κ1) is 13.1. The van der Waals surface area contributed by atoms with Gasteiger partial charge in [0.2, 0.25) is 5.76 Å². The minimum Gasteiger partial charge on any atom is -0.475 e. The summed E-state index contributed by atoms with van der Waals surface area (Å²) in [6.45, 7) is 0.965. The Balaban J connectivity index is 1.97. The van der Waals surface area contributed by atoms with Crippen LogP contribution in [0.4, 0.5) is 0 Å². The van der Waals surface area contributed by atoms with E-state index in [1.807, 2.05) is 17.0 Å². The summed E-state index contributed by atoms with van der Waals surface area (Å²) >= 11 is 0. The molecule has 106 valence electrons. The number of aromatic carboxylic acids is 1. The number of rotatable bonds is 3. The van der Waals surface area contributed by atoms with Crippen LogP contribution in [0.2, 0.25) is 0 Å². The molecule has 2 aromatic rings. The average Bonchev–Trinajstić information content (AvgIpc) is 2.92. The van der Waals surface area contributed by atoms with Gasteiger partial charge < -0.3 is 19.7 Å². The topological polar surface area (TPSA) is 94.1 Å². The lowest BCUT2D eigenvalue weighted by Crippen LogP contribution is -2.22. The fourth-order valence-corrected chi connectivity index (χ4v) is 2.63. The monoisotopic (exact) mass is 277 g/mol. The van der Waals surface area contributed by atoms with Crippen molar-refractivity contribution in [2.75, 3.05) is 13.1 Å². The third-order valence-corrected chi connectivity index (χ3v) is 3.61. The number of furan rings is 1. The van der Waals surface area contributed by atoms with Gasteiger partial charge in [0.05, 0.1) is 12.2 Å². The number of hydrogen-bond acceptors (Lipinski definition) is 5. The zero-order chi connectivity index (χ0) is 14.3. The minimum absolute atomic E-state index is 0.0814. The maximum Gasteiger partial charge on any atom is 0.372 e. The van der Waals surface area contributed by atoms with Gasteiger partial charge in [-0.15, -0.1) is 0 Å². The van der Waals surface area contributed by atoms with Crippen LogP contribution in [-0.4, -0.2) is 51.5 Å². The highest BCUT2D eigenvalue weighted by Gasteiger charge is 2.31. The van der Waals surface area contributed by atoms with Crippen molar-refractivity contribution in [3.8, 4) is 0 Å². The molecule has 0 aliphatic carbocycles. The SMILES string of the molecule is O=C(O)c1oc2ccccc2c1CN1CC(O)C(O)C1. The van der Waals surface area contributed by atoms with Gasteiger partial charge in [0.1, 0.15) is 5.58 Å². The lowest BCUT2D eigenvalue weighted by Gasteiger charge is -2.14. The molecule has 2 heterocycles. The number of aliphatic hydroxyl groups is 2. The standard InChI is InChI=1S/C14H15NO5/c16-10-6-15(7-11(10)17)5-9-8-3-1-2-4-12(8)20-13(9)14(18)19/h1-4,10-11,16-17H,5-7H2,(H,18,19). The van der Waals surface area contributed by atoms with Crippen molar-refractivity contribution in [2.45, 2.75) is 18.8 Å². The number of likely N-dealkylation sites (tertiary alicyclic amines) is 1. The zero-order valence-corrected chi connectivity index (χ0v) is 10.7. The van der Waals surface area contributed by atoms with Crippen LogP contribution in [-0.2, 0) is 6.54 Å². The summed E-state index contributed by atoms with van der Waals surface area (Å²) in [5, 5.41) is 29.1. The van der Waals surface area contributed by atoms with Crippen LogP contribution >= 0.6 is 0 Å². The van der Waals surface area contributed by atoms with Crippen LogP contribution in [0.25, 0.3) is 11.0 Å². The van der Waals surface area contributed by atoms with E-state index in [1.165, 1.54) is 0 Å². The highest BCUT2D eigenvalue weighted by molar-refractivity contribution is 5.95. The molecule has 1 aliphatic heterocycles. The second kappa shape index (κ2) is 4.90. The van der Waals surface area contributed by atoms with Crippen molar-refractivity contribution in [3.05, 3.63) is 35.6 Å². The highest BCUT2D eigenvalue weighted by atomic mass is 16.4. The Morgan fingerprint density at radius 2 is 1.90 bits per heavy atom. The van der Waals surface area contributed by atoms with E-state index in [9.17, 15) is 20.1 Å². The lowest BCUT2D eigenvalue weighted by molar-refractivity contribution is 0.0572. The van der Waals surface area contributed by atoms with Crippen LogP contribution in [0.5, 0.6) is 0 Å². The van der Waals surface area contributed by atoms with Gasteiger partial charge in [0, 0.05) is 30.6 Å². The van der Waals surface area contributed by atoms with Crippen molar-refractivity contribution in [1.82, 2.24) is 4.90 Å². The molecular weight excluding hydrogens is 262 g/mol. The molecule has 3 rings (SSSR count). The number of β-amino-alcohol motifs (C(OH)–C–C–N with tert-alkyl or cyclic N) is 2. The molecular formula is C14H15NO5. The van der Waals surface area contributed by atoms with Crippen molar-refractivity contribution in [2.24, 2.45) is 0 Å². The van der Waals surface area contributed by atoms with Crippen LogP contribution in [0, 0.1) is 0 Å². The van der Waals surface area contributed by atoms with E-state index in [4.69, 9.17) is 4.42 Å². The molecule has 0 spiro atoms. The summed E-state index contributed by atoms with van der Waals surface area (Å²) in [5.41, 5.74) is 1.11. The van der Waals surface area contributed by atoms with Crippen molar-refractivity contribution >= 4 is 16.9 Å². The largest absolute Gasteiger partial charge is 0.475 e. The molecule has 6 nitrogen and oxygen atoms in total. The quantitative estimate of drug-likeness (QED) is 0.763. The van der Waals surface area contributed by atoms with Crippen LogP contribution < -0.4 is 0 Å². The summed E-state index contributed by atoms with van der Waals surface area (Å²) in [6.07, 6.45) is -1.58. The predicted octanol–water partition coefficient (Wildman–Crippen LogP) is 0.668. The van der Waals surface area contributed by atoms with Gasteiger partial charge in [-0.25, -0.2) is 4.79 Å². The van der Waals surface area contributed by atoms with Gasteiger partial charge >= 0.3 is 5.97 Å². The van der Waals surface area contributed by atoms with Crippen molar-refractivity contribution in [1.29, 1.82) is 0 Å². The van der Waals surface area contributed by atoms with E-state index in [-0.39, 0.29) is 5.76 Å². The number of carboxylic acids is 1. The Morgan fingerprint density at radius 3 is 2.55 bits per heavy atom. The summed E-state index contributed by atoms with van der Waals surface area (Å²) in [7, 11) is 0. The van der Waals surface area contributed by atoms with Crippen molar-refractivity contribution < 1.29 is 24.5 Å². The first-order valence-corrected chi connectivity index (χ1v) is 6.38. The predicted molar refractivity (Wildman–Crippen MR) is 70.5 cm³/mol. The van der Waals surface area contributed by atoms with Gasteiger partial charge in [-0.05, 0) is 6.07 Å². The number of benzene rings is 1. The molecule has 1 saturated heterocycles. The molecule has 6 heteroatoms. The Hall–Kier alpha value is -1.89. The number of hydrogen-bond donors (Lipinski definition) is 3. The number of aliphatic hydroxyl groups excluding tert-OH is 2. The first-order valence-electron chi connectivity index (χ1n) is 6.38. The molecule has 20 heavy (non-hydrogen) atoms. The van der Waals surface area contributed by atoms with E-state index in [0.717, 1.165) is 5.39 Å². The molecule has 0 bridgehead atoms. The normalized spacial score (nSPS) is 23.5. The number of fused-ring (bicyclic) bond motifs is 1. The number of para-hydroxylation sites is 1. The van der Waals surface area contributed by atoms with Crippen LogP contribution in [0.15, 0.2) is 28.7 Å². The van der Waals surface area contributed by atoms with Gasteiger partial charge in [-0.1, -0.05) is 18.2 Å². The molecule has 0 radical (unpaired) electrons. The number of carboxylic acid groups (broad SMARTS) is 1. The second-order valence-corrected chi connectivity index (χ2v) is 5.04. The summed E-state index contributed by atoms with van der Waals surface area (Å²) < 4.78 is 5.37. The molecule has 0 saturated carbocycles. The van der Waals surface area contributed by atoms with Gasteiger partial charge in [-0.3, -0.25) is 4.90 Å². The molecule has 1 aromatic heterocycles. The number of carbonyl (C=O) groups is 1. The lowest BCUT2D eigenvalue weighted by atomic mass is 10.1. The third kappa shape index (κ3) is 2.18. The Bertz CT molecular complexity index is 640. The van der Waals surface area contributed by atoms with E-state index < -0.39 is 18.2 Å². The maximum atomic E-state index is 11.3. The Labute approximate surface area is 114 Å². The van der Waals surface area contributed by atoms with E-state index in [0.29, 0.717) is 30.8 Å². The zero-order valence-electron chi connectivity index (χ0n) is 10.7. The molecule has 2 unspecified atom stereocenters. The summed E-state index contributed by atoms with van der Waals surface area (Å²) in [4.78, 5) is 13.1. The van der Waals surface area contributed by atoms with E-state index >= 15 is 0 Å². The Kier molecular flexibility index (Phi) is 3.21. The maximum absolute atomic E-state index is 11.3. The molecule has 1 fully saturated rings. The molecule has 1 aliphatic rings. The highest BCUT2D eigenvalue weighted by Crippen LogP contribution is 2.28. The summed E-state index contributed by atoms with van der Waals surface area (Å²) in [6, 6.07) is 7.13. The van der Waals surface area contributed by atoms with Gasteiger partial charge in [-0.2, -0.15) is 0 Å². The molecule has 1 aromatic carbocycles. The Morgan fingerprint density at radius 1 is 1.25 bits per heavy atom. The fraction of sp³-hybridized carbons (Fsp3) is 0.357. The van der Waals surface area contributed by atoms with Gasteiger partial charge in [0.15, 0.2) is 0 Å². The molecule has 2 atom stereocenters. The van der Waals surface area contributed by atoms with E-state index in [1.54, 1.807) is 12.1 Å². The number of nitrogens with zero attached hydrogens (tertiary/aromatic N) is 1. The minimum atomic E-state index is -1.11. The second-order valence-electron chi connectivity index (χ2n) is 5.04. The fourth-order valence-electron chi connectivity index (χ4n) is 2.63. The van der Waals surface area contributed by atoms with Gasteiger partial charge in [0.25, 0.3) is 0 Å². The van der Waals surface area contributed by atoms with Crippen LogP contribution in [0.1, 0.15) is 16.1 Å². The average molecular weight is 277 g/mol. The molecule has 3 N–H and O–H groups in total. The summed E-state index contributed by atoms with van der Waals surface area (Å²) in [5.74, 6) is -1.20. The van der Waals surface area contributed by atoms with Crippen LogP contribution in [0.3, 0.4) is 0 Å². The van der Waals surface area contributed by atoms with Crippen molar-refractivity contribution in [3.63, 3.8) is 0 Å². The van der Waals surface area contributed by atoms with E-state index in [2.05, 4.69) is 0 Å².